The van der Waals surface area contributed by atoms with Gasteiger partial charge in [-0.2, -0.15) is 0 Å². The summed E-state index contributed by atoms with van der Waals surface area (Å²) < 4.78 is 23.4. The topological polar surface area (TPSA) is 103 Å². The predicted molar refractivity (Wildman–Crippen MR) is 97.7 cm³/mol. The number of benzene rings is 2. The van der Waals surface area contributed by atoms with Crippen molar-refractivity contribution in [3.8, 4) is 0 Å². The van der Waals surface area contributed by atoms with E-state index in [4.69, 9.17) is 0 Å². The van der Waals surface area contributed by atoms with Crippen LogP contribution in [0.15, 0.2) is 53.2 Å². The molecule has 0 atom stereocenters. The Balaban J connectivity index is 1.69. The smallest absolute Gasteiger partial charge is 0.337 e. The minimum Gasteiger partial charge on any atom is -0.465 e. The number of carbonyl (C=O) groups is 1. The van der Waals surface area contributed by atoms with Crippen LogP contribution in [-0.4, -0.2) is 33.4 Å². The molecule has 0 spiro atoms. The number of halogens is 1. The summed E-state index contributed by atoms with van der Waals surface area (Å²) in [4.78, 5) is 20.3. The Bertz CT molecular complexity index is 1140. The average molecular weight is 379 g/mol. The van der Waals surface area contributed by atoms with Crippen molar-refractivity contribution >= 4 is 28.8 Å². The van der Waals surface area contributed by atoms with Crippen LogP contribution >= 0.6 is 0 Å². The van der Waals surface area contributed by atoms with Crippen LogP contribution in [0.1, 0.15) is 21.6 Å². The highest BCUT2D eigenvalue weighted by molar-refractivity contribution is 5.89. The summed E-state index contributed by atoms with van der Waals surface area (Å²) in [6.07, 6.45) is 0.199. The van der Waals surface area contributed by atoms with Crippen LogP contribution in [-0.2, 0) is 11.2 Å². The number of rotatable bonds is 5. The summed E-state index contributed by atoms with van der Waals surface area (Å²) in [5.74, 6) is -0.380. The lowest BCUT2D eigenvalue weighted by Gasteiger charge is -2.11. The molecule has 4 aromatic rings. The van der Waals surface area contributed by atoms with Crippen LogP contribution in [0.2, 0.25) is 0 Å². The maximum atomic E-state index is 14.1. The van der Waals surface area contributed by atoms with Gasteiger partial charge in [0.05, 0.1) is 18.4 Å². The van der Waals surface area contributed by atoms with E-state index in [9.17, 15) is 9.18 Å². The molecule has 0 unspecified atom stereocenters. The summed E-state index contributed by atoms with van der Waals surface area (Å²) in [5, 5.41) is 10.5. The highest BCUT2D eigenvalue weighted by Gasteiger charge is 2.15. The number of aromatic nitrogens is 4. The summed E-state index contributed by atoms with van der Waals surface area (Å²) >= 11 is 0. The van der Waals surface area contributed by atoms with Gasteiger partial charge in [-0.1, -0.05) is 18.2 Å². The lowest BCUT2D eigenvalue weighted by atomic mass is 10.1. The molecule has 9 heteroatoms. The molecule has 28 heavy (non-hydrogen) atoms. The highest BCUT2D eigenvalue weighted by Crippen LogP contribution is 2.23. The van der Waals surface area contributed by atoms with Gasteiger partial charge in [0.15, 0.2) is 5.82 Å². The molecule has 8 nitrogen and oxygen atoms in total. The first-order valence-corrected chi connectivity index (χ1v) is 8.32. The predicted octanol–water partition coefficient (Wildman–Crippen LogP) is 3.27. The van der Waals surface area contributed by atoms with Crippen molar-refractivity contribution in [3.05, 3.63) is 71.2 Å². The van der Waals surface area contributed by atoms with Crippen molar-refractivity contribution in [2.45, 2.75) is 6.42 Å². The first-order valence-electron chi connectivity index (χ1n) is 8.32. The minimum atomic E-state index is -0.429. The van der Waals surface area contributed by atoms with Gasteiger partial charge in [-0.05, 0) is 46.2 Å². The van der Waals surface area contributed by atoms with Crippen LogP contribution < -0.4 is 5.32 Å². The van der Waals surface area contributed by atoms with E-state index in [1.54, 1.807) is 42.5 Å². The van der Waals surface area contributed by atoms with Crippen molar-refractivity contribution < 1.29 is 18.6 Å². The molecule has 0 amide bonds. The fraction of sp³-hybridized carbons (Fsp3) is 0.105. The number of methoxy groups -OCH3 is 1. The quantitative estimate of drug-likeness (QED) is 0.527. The molecular formula is C19H14FN5O3. The van der Waals surface area contributed by atoms with Crippen molar-refractivity contribution in [2.24, 2.45) is 0 Å². The van der Waals surface area contributed by atoms with Crippen LogP contribution in [0, 0.1) is 5.82 Å². The third-order valence-corrected chi connectivity index (χ3v) is 4.07. The van der Waals surface area contributed by atoms with Gasteiger partial charge >= 0.3 is 5.97 Å². The molecule has 2 aromatic carbocycles. The normalized spacial score (nSPS) is 10.8. The Morgan fingerprint density at radius 1 is 1.07 bits per heavy atom. The zero-order valence-electron chi connectivity index (χ0n) is 14.7. The van der Waals surface area contributed by atoms with Crippen molar-refractivity contribution in [1.29, 1.82) is 0 Å². The largest absolute Gasteiger partial charge is 0.465 e. The Labute approximate surface area is 158 Å². The lowest BCUT2D eigenvalue weighted by molar-refractivity contribution is 0.0601. The molecule has 0 saturated carbocycles. The number of nitrogens with zero attached hydrogens (tertiary/aromatic N) is 4. The third kappa shape index (κ3) is 3.50. The number of hydrogen-bond acceptors (Lipinski definition) is 8. The summed E-state index contributed by atoms with van der Waals surface area (Å²) in [7, 11) is 1.32. The van der Waals surface area contributed by atoms with E-state index < -0.39 is 5.97 Å². The number of nitrogens with one attached hydrogen (secondary N) is 1. The molecule has 2 aromatic heterocycles. The van der Waals surface area contributed by atoms with Crippen LogP contribution in [0.5, 0.6) is 0 Å². The van der Waals surface area contributed by atoms with Gasteiger partial charge in [0.25, 0.3) is 0 Å². The first kappa shape index (κ1) is 17.5. The lowest BCUT2D eigenvalue weighted by Crippen LogP contribution is -2.05. The van der Waals surface area contributed by atoms with E-state index in [-0.39, 0.29) is 23.5 Å². The van der Waals surface area contributed by atoms with Crippen LogP contribution in [0.4, 0.5) is 15.9 Å². The van der Waals surface area contributed by atoms with Gasteiger partial charge in [0, 0.05) is 12.1 Å². The molecule has 2 heterocycles. The summed E-state index contributed by atoms with van der Waals surface area (Å²) in [6, 6.07) is 13.1. The second-order valence-corrected chi connectivity index (χ2v) is 5.89. The van der Waals surface area contributed by atoms with Crippen LogP contribution in [0.25, 0.3) is 11.3 Å². The zero-order chi connectivity index (χ0) is 19.5. The fourth-order valence-corrected chi connectivity index (χ4v) is 2.66. The van der Waals surface area contributed by atoms with E-state index >= 15 is 0 Å². The number of fused-ring (bicyclic) bond motifs is 1. The molecule has 0 fully saturated rings. The molecule has 0 bridgehead atoms. The highest BCUT2D eigenvalue weighted by atomic mass is 19.1. The van der Waals surface area contributed by atoms with Gasteiger partial charge in [0.1, 0.15) is 5.82 Å². The third-order valence-electron chi connectivity index (χ3n) is 4.07. The Morgan fingerprint density at radius 3 is 2.50 bits per heavy atom. The van der Waals surface area contributed by atoms with Gasteiger partial charge in [-0.15, -0.1) is 0 Å². The number of anilines is 2. The summed E-state index contributed by atoms with van der Waals surface area (Å²) in [5.41, 5.74) is 2.49. The van der Waals surface area contributed by atoms with E-state index in [1.165, 1.54) is 13.2 Å². The summed E-state index contributed by atoms with van der Waals surface area (Å²) in [6.45, 7) is 0. The maximum Gasteiger partial charge on any atom is 0.337 e. The minimum absolute atomic E-state index is 0.199. The second kappa shape index (κ2) is 7.39. The molecular weight excluding hydrogens is 365 g/mol. The van der Waals surface area contributed by atoms with E-state index in [1.807, 2.05) is 0 Å². The zero-order valence-corrected chi connectivity index (χ0v) is 14.7. The number of ether oxygens (including phenoxy) is 1. The van der Waals surface area contributed by atoms with E-state index in [0.29, 0.717) is 28.3 Å². The van der Waals surface area contributed by atoms with Crippen LogP contribution in [0.3, 0.4) is 0 Å². The molecule has 0 radical (unpaired) electrons. The average Bonchev–Trinajstić information content (AvgIpc) is 3.17. The Morgan fingerprint density at radius 2 is 1.79 bits per heavy atom. The standard InChI is InChI=1S/C19H14FN5O3/c1-27-19(26)11-6-8-13(9-7-11)21-16-15(10-12-4-2-3-5-14(12)20)22-17-18(23-16)25-28-24-17/h2-9H,10H2,1H3,(H,21,23,25). The van der Waals surface area contributed by atoms with Crippen molar-refractivity contribution in [1.82, 2.24) is 20.3 Å². The van der Waals surface area contributed by atoms with Gasteiger partial charge in [-0.3, -0.25) is 0 Å². The number of carbonyl (C=O) groups excluding carboxylic acids is 1. The second-order valence-electron chi connectivity index (χ2n) is 5.89. The molecule has 0 aliphatic rings. The molecule has 4 rings (SSSR count). The molecule has 140 valence electrons. The van der Waals surface area contributed by atoms with Gasteiger partial charge < -0.3 is 10.1 Å². The Hall–Kier alpha value is -3.88. The Kier molecular flexibility index (Phi) is 4.63. The fourth-order valence-electron chi connectivity index (χ4n) is 2.66. The van der Waals surface area contributed by atoms with Gasteiger partial charge in [-0.25, -0.2) is 23.8 Å². The maximum absolute atomic E-state index is 14.1. The number of esters is 1. The van der Waals surface area contributed by atoms with Crippen molar-refractivity contribution in [2.75, 3.05) is 12.4 Å². The van der Waals surface area contributed by atoms with Crippen molar-refractivity contribution in [3.63, 3.8) is 0 Å². The van der Waals surface area contributed by atoms with E-state index in [2.05, 4.69) is 35.0 Å². The van der Waals surface area contributed by atoms with E-state index in [0.717, 1.165) is 0 Å². The monoisotopic (exact) mass is 379 g/mol. The van der Waals surface area contributed by atoms with Gasteiger partial charge in [0.2, 0.25) is 11.3 Å². The first-order chi connectivity index (χ1) is 13.6. The molecule has 0 aliphatic heterocycles. The molecule has 1 N–H and O–H groups in total. The number of hydrogen-bond donors (Lipinski definition) is 1. The molecule has 0 aliphatic carbocycles. The SMILES string of the molecule is COC(=O)c1ccc(Nc2nc3nonc3nc2Cc2ccccc2F)cc1. The molecule has 0 saturated heterocycles.